The fourth-order valence-electron chi connectivity index (χ4n) is 0.994. The molecule has 0 bridgehead atoms. The maximum absolute atomic E-state index is 5.35. The van der Waals surface area contributed by atoms with Crippen molar-refractivity contribution in [2.24, 2.45) is 0 Å². The van der Waals surface area contributed by atoms with Crippen molar-refractivity contribution in [2.75, 3.05) is 0 Å². The summed E-state index contributed by atoms with van der Waals surface area (Å²) in [5, 5.41) is 0. The van der Waals surface area contributed by atoms with Crippen LogP contribution in [0.4, 0.5) is 0 Å². The molecule has 0 atom stereocenters. The van der Waals surface area contributed by atoms with E-state index in [1.54, 1.807) is 6.20 Å². The second-order valence-corrected chi connectivity index (χ2v) is 3.63. The number of ether oxygens (including phenoxy) is 1. The Morgan fingerprint density at radius 1 is 1.29 bits per heavy atom. The number of hydrogen-bond donors (Lipinski definition) is 0. The van der Waals surface area contributed by atoms with E-state index < -0.39 is 0 Å². The van der Waals surface area contributed by atoms with Gasteiger partial charge < -0.3 is 9.15 Å². The lowest BCUT2D eigenvalue weighted by molar-refractivity contribution is 0.323. The van der Waals surface area contributed by atoms with Crippen LogP contribution >= 0.6 is 15.9 Å². The van der Waals surface area contributed by atoms with E-state index in [0.29, 0.717) is 10.4 Å². The summed E-state index contributed by atoms with van der Waals surface area (Å²) in [4.78, 5) is 3.90. The first-order valence-electron chi connectivity index (χ1n) is 4.10. The van der Waals surface area contributed by atoms with Gasteiger partial charge in [-0.05, 0) is 35.0 Å². The number of aromatic nitrogens is 1. The molecule has 0 spiro atoms. The Bertz CT molecular complexity index is 422. The van der Waals surface area contributed by atoms with Crippen LogP contribution in [0.15, 0.2) is 39.5 Å². The Balaban J connectivity index is 2.15. The maximum Gasteiger partial charge on any atom is 0.400 e. The smallest absolute Gasteiger partial charge is 0.400 e. The summed E-state index contributed by atoms with van der Waals surface area (Å²) in [6.45, 7) is 2.02. The highest BCUT2D eigenvalue weighted by molar-refractivity contribution is 9.10. The van der Waals surface area contributed by atoms with Gasteiger partial charge in [0.2, 0.25) is 0 Å². The third-order valence-corrected chi connectivity index (χ3v) is 2.05. The Labute approximate surface area is 89.8 Å². The van der Waals surface area contributed by atoms with E-state index in [0.717, 1.165) is 0 Å². The highest BCUT2D eigenvalue weighted by Crippen LogP contribution is 2.23. The summed E-state index contributed by atoms with van der Waals surface area (Å²) < 4.78 is 11.0. The molecular weight excluding hydrogens is 246 g/mol. The van der Waals surface area contributed by atoms with Crippen molar-refractivity contribution in [1.82, 2.24) is 4.98 Å². The zero-order valence-corrected chi connectivity index (χ0v) is 9.11. The van der Waals surface area contributed by atoms with Crippen molar-refractivity contribution in [3.05, 3.63) is 40.7 Å². The number of halogens is 1. The summed E-state index contributed by atoms with van der Waals surface area (Å²) in [5.74, 6) is 0.713. The molecule has 0 aliphatic heterocycles. The third kappa shape index (κ3) is 2.14. The summed E-state index contributed by atoms with van der Waals surface area (Å²) in [5.41, 5.74) is 1.19. The van der Waals surface area contributed by atoms with Gasteiger partial charge in [0, 0.05) is 0 Å². The molecular formula is C10H8BrNO2. The van der Waals surface area contributed by atoms with E-state index in [9.17, 15) is 0 Å². The van der Waals surface area contributed by atoms with Gasteiger partial charge in [0.05, 0.1) is 6.20 Å². The zero-order valence-electron chi connectivity index (χ0n) is 7.53. The van der Waals surface area contributed by atoms with Gasteiger partial charge in [-0.2, -0.15) is 4.98 Å². The molecule has 2 aromatic rings. The lowest BCUT2D eigenvalue weighted by Gasteiger charge is -1.99. The second kappa shape index (κ2) is 3.84. The molecule has 0 saturated carbocycles. The molecule has 0 fully saturated rings. The molecule has 1 aromatic carbocycles. The molecule has 4 heteroatoms. The van der Waals surface area contributed by atoms with E-state index in [1.807, 2.05) is 31.2 Å². The fraction of sp³-hybridized carbons (Fsp3) is 0.100. The molecule has 0 unspecified atom stereocenters. The van der Waals surface area contributed by atoms with Gasteiger partial charge in [-0.1, -0.05) is 17.7 Å². The molecule has 14 heavy (non-hydrogen) atoms. The quantitative estimate of drug-likeness (QED) is 0.822. The van der Waals surface area contributed by atoms with Crippen LogP contribution < -0.4 is 4.74 Å². The van der Waals surface area contributed by atoms with Gasteiger partial charge >= 0.3 is 6.08 Å². The topological polar surface area (TPSA) is 35.3 Å². The zero-order chi connectivity index (χ0) is 9.97. The Morgan fingerprint density at radius 3 is 2.57 bits per heavy atom. The van der Waals surface area contributed by atoms with E-state index in [1.165, 1.54) is 5.56 Å². The Hall–Kier alpha value is -1.29. The monoisotopic (exact) mass is 253 g/mol. The van der Waals surface area contributed by atoms with E-state index in [2.05, 4.69) is 20.9 Å². The molecule has 0 amide bonds. The van der Waals surface area contributed by atoms with Gasteiger partial charge in [-0.3, -0.25) is 0 Å². The number of oxazole rings is 1. The van der Waals surface area contributed by atoms with Crippen LogP contribution in [0, 0.1) is 6.92 Å². The van der Waals surface area contributed by atoms with Crippen LogP contribution in [0.1, 0.15) is 5.56 Å². The van der Waals surface area contributed by atoms with Gasteiger partial charge in [-0.15, -0.1) is 0 Å². The SMILES string of the molecule is Cc1ccc(Oc2ncc(Br)o2)cc1. The number of rotatable bonds is 2. The predicted molar refractivity (Wildman–Crippen MR) is 55.5 cm³/mol. The minimum atomic E-state index is 0.237. The summed E-state index contributed by atoms with van der Waals surface area (Å²) in [7, 11) is 0. The molecule has 3 nitrogen and oxygen atoms in total. The second-order valence-electron chi connectivity index (χ2n) is 2.85. The van der Waals surface area contributed by atoms with Gasteiger partial charge in [-0.25, -0.2) is 0 Å². The van der Waals surface area contributed by atoms with Gasteiger partial charge in [0.25, 0.3) is 0 Å². The minimum Gasteiger partial charge on any atom is -0.411 e. The number of hydrogen-bond acceptors (Lipinski definition) is 3. The number of aryl methyl sites for hydroxylation is 1. The van der Waals surface area contributed by atoms with Crippen molar-refractivity contribution in [2.45, 2.75) is 6.92 Å². The largest absolute Gasteiger partial charge is 0.411 e. The average molecular weight is 254 g/mol. The van der Waals surface area contributed by atoms with E-state index in [-0.39, 0.29) is 6.08 Å². The Morgan fingerprint density at radius 2 is 2.00 bits per heavy atom. The van der Waals surface area contributed by atoms with Crippen molar-refractivity contribution in [3.63, 3.8) is 0 Å². The van der Waals surface area contributed by atoms with Crippen LogP contribution in [0.2, 0.25) is 0 Å². The van der Waals surface area contributed by atoms with Crippen molar-refractivity contribution in [3.8, 4) is 11.8 Å². The molecule has 0 N–H and O–H groups in total. The van der Waals surface area contributed by atoms with E-state index >= 15 is 0 Å². The number of benzene rings is 1. The normalized spacial score (nSPS) is 10.1. The predicted octanol–water partition coefficient (Wildman–Crippen LogP) is 3.54. The lowest BCUT2D eigenvalue weighted by atomic mass is 10.2. The van der Waals surface area contributed by atoms with Crippen molar-refractivity contribution in [1.29, 1.82) is 0 Å². The molecule has 72 valence electrons. The lowest BCUT2D eigenvalue weighted by Crippen LogP contribution is -1.83. The summed E-state index contributed by atoms with van der Waals surface area (Å²) in [6.07, 6.45) is 1.78. The molecule has 0 aliphatic rings. The van der Waals surface area contributed by atoms with Gasteiger partial charge in [0.1, 0.15) is 5.75 Å². The van der Waals surface area contributed by atoms with Crippen LogP contribution in [0.3, 0.4) is 0 Å². The fourth-order valence-corrected chi connectivity index (χ4v) is 1.23. The molecule has 0 aliphatic carbocycles. The molecule has 1 heterocycles. The Kier molecular flexibility index (Phi) is 2.54. The highest BCUT2D eigenvalue weighted by atomic mass is 79.9. The minimum absolute atomic E-state index is 0.237. The van der Waals surface area contributed by atoms with Crippen LogP contribution in [-0.2, 0) is 0 Å². The first kappa shape index (κ1) is 9.27. The first-order chi connectivity index (χ1) is 6.74. The first-order valence-corrected chi connectivity index (χ1v) is 4.89. The maximum atomic E-state index is 5.35. The van der Waals surface area contributed by atoms with Crippen LogP contribution in [0.25, 0.3) is 0 Å². The molecule has 0 saturated heterocycles. The summed E-state index contributed by atoms with van der Waals surface area (Å²) >= 11 is 3.15. The standard InChI is InChI=1S/C10H8BrNO2/c1-7-2-4-8(5-3-7)13-10-12-6-9(11)14-10/h2-6H,1H3. The van der Waals surface area contributed by atoms with Crippen molar-refractivity contribution < 1.29 is 9.15 Å². The van der Waals surface area contributed by atoms with Crippen LogP contribution in [-0.4, -0.2) is 4.98 Å². The van der Waals surface area contributed by atoms with Crippen LogP contribution in [0.5, 0.6) is 11.8 Å². The number of nitrogens with zero attached hydrogens (tertiary/aromatic N) is 1. The van der Waals surface area contributed by atoms with Gasteiger partial charge in [0.15, 0.2) is 4.67 Å². The van der Waals surface area contributed by atoms with Crippen molar-refractivity contribution >= 4 is 15.9 Å². The highest BCUT2D eigenvalue weighted by Gasteiger charge is 2.03. The third-order valence-electron chi connectivity index (χ3n) is 1.68. The molecule has 1 aromatic heterocycles. The molecule has 0 radical (unpaired) electrons. The molecule has 2 rings (SSSR count). The van der Waals surface area contributed by atoms with E-state index in [4.69, 9.17) is 9.15 Å². The summed E-state index contributed by atoms with van der Waals surface area (Å²) in [6, 6.07) is 7.67. The average Bonchev–Trinajstić information content (AvgIpc) is 2.56.